The van der Waals surface area contributed by atoms with Crippen LogP contribution in [-0.2, 0) is 14.8 Å². The number of amides is 2. The Morgan fingerprint density at radius 3 is 2.42 bits per heavy atom. The summed E-state index contributed by atoms with van der Waals surface area (Å²) in [5.41, 5.74) is 5.94. The Morgan fingerprint density at radius 1 is 1.12 bits per heavy atom. The van der Waals surface area contributed by atoms with Gasteiger partial charge < -0.3 is 11.1 Å². The standard InChI is InChI=1S/C18H19N3O4S/c1-2-11-20-18(23)14-9-6-10-15(12-14)26(24,25)21-16(17(19)22)13-7-4-3-5-8-13/h2-10,12,16,21H,1,11H2,(H2,19,22)(H,20,23). The first kappa shape index (κ1) is 19.4. The molecule has 0 saturated carbocycles. The lowest BCUT2D eigenvalue weighted by Crippen LogP contribution is -2.37. The number of hydrogen-bond acceptors (Lipinski definition) is 4. The van der Waals surface area contributed by atoms with Crippen molar-refractivity contribution in [1.82, 2.24) is 10.0 Å². The fourth-order valence-corrected chi connectivity index (χ4v) is 3.47. The number of carbonyl (C=O) groups excluding carboxylic acids is 2. The minimum Gasteiger partial charge on any atom is -0.368 e. The fourth-order valence-electron chi connectivity index (χ4n) is 2.23. The lowest BCUT2D eigenvalue weighted by molar-refractivity contribution is -0.119. The van der Waals surface area contributed by atoms with Crippen molar-refractivity contribution in [2.45, 2.75) is 10.9 Å². The van der Waals surface area contributed by atoms with Crippen molar-refractivity contribution in [2.75, 3.05) is 6.54 Å². The van der Waals surface area contributed by atoms with Crippen LogP contribution in [0.1, 0.15) is 22.0 Å². The summed E-state index contributed by atoms with van der Waals surface area (Å²) >= 11 is 0. The number of carbonyl (C=O) groups is 2. The molecule has 1 unspecified atom stereocenters. The van der Waals surface area contributed by atoms with Crippen molar-refractivity contribution >= 4 is 21.8 Å². The molecule has 0 aromatic heterocycles. The molecule has 2 aromatic carbocycles. The number of benzene rings is 2. The summed E-state index contributed by atoms with van der Waals surface area (Å²) in [7, 11) is -4.08. The van der Waals surface area contributed by atoms with Crippen LogP contribution in [0.2, 0.25) is 0 Å². The fraction of sp³-hybridized carbons (Fsp3) is 0.111. The maximum atomic E-state index is 12.6. The van der Waals surface area contributed by atoms with Crippen molar-refractivity contribution < 1.29 is 18.0 Å². The minimum absolute atomic E-state index is 0.147. The molecule has 2 rings (SSSR count). The van der Waals surface area contributed by atoms with Gasteiger partial charge in [0.25, 0.3) is 5.91 Å². The number of hydrogen-bond donors (Lipinski definition) is 3. The van der Waals surface area contributed by atoms with Crippen molar-refractivity contribution in [3.05, 3.63) is 78.4 Å². The van der Waals surface area contributed by atoms with Gasteiger partial charge in [-0.25, -0.2) is 8.42 Å². The molecule has 0 aliphatic heterocycles. The van der Waals surface area contributed by atoms with Crippen LogP contribution in [0.5, 0.6) is 0 Å². The molecule has 26 heavy (non-hydrogen) atoms. The molecule has 4 N–H and O–H groups in total. The second kappa shape index (κ2) is 8.41. The summed E-state index contributed by atoms with van der Waals surface area (Å²) in [6.07, 6.45) is 1.51. The second-order valence-electron chi connectivity index (χ2n) is 5.39. The van der Waals surface area contributed by atoms with Gasteiger partial charge >= 0.3 is 0 Å². The smallest absolute Gasteiger partial charge is 0.251 e. The summed E-state index contributed by atoms with van der Waals surface area (Å²) in [6, 6.07) is 12.5. The SMILES string of the molecule is C=CCNC(=O)c1cccc(S(=O)(=O)NC(C(N)=O)c2ccccc2)c1. The minimum atomic E-state index is -4.08. The zero-order valence-electron chi connectivity index (χ0n) is 13.9. The highest BCUT2D eigenvalue weighted by Gasteiger charge is 2.26. The highest BCUT2D eigenvalue weighted by atomic mass is 32.2. The predicted molar refractivity (Wildman–Crippen MR) is 97.7 cm³/mol. The van der Waals surface area contributed by atoms with Gasteiger partial charge in [-0.3, -0.25) is 9.59 Å². The van der Waals surface area contributed by atoms with Crippen molar-refractivity contribution in [3.63, 3.8) is 0 Å². The van der Waals surface area contributed by atoms with E-state index in [1.807, 2.05) is 0 Å². The largest absolute Gasteiger partial charge is 0.368 e. The number of nitrogens with two attached hydrogens (primary N) is 1. The van der Waals surface area contributed by atoms with Crippen LogP contribution < -0.4 is 15.8 Å². The van der Waals surface area contributed by atoms with E-state index in [-0.39, 0.29) is 17.0 Å². The van der Waals surface area contributed by atoms with Crippen LogP contribution in [0, 0.1) is 0 Å². The Hall–Kier alpha value is -2.97. The normalized spacial score (nSPS) is 12.2. The molecule has 8 heteroatoms. The zero-order valence-corrected chi connectivity index (χ0v) is 14.7. The van der Waals surface area contributed by atoms with Crippen LogP contribution in [0.4, 0.5) is 0 Å². The van der Waals surface area contributed by atoms with Crippen LogP contribution in [-0.4, -0.2) is 26.8 Å². The van der Waals surface area contributed by atoms with E-state index in [0.29, 0.717) is 5.56 Å². The maximum Gasteiger partial charge on any atom is 0.251 e. The van der Waals surface area contributed by atoms with Gasteiger partial charge in [0, 0.05) is 12.1 Å². The van der Waals surface area contributed by atoms with Crippen molar-refractivity contribution in [3.8, 4) is 0 Å². The molecule has 0 aliphatic carbocycles. The molecule has 2 aromatic rings. The highest BCUT2D eigenvalue weighted by Crippen LogP contribution is 2.18. The van der Waals surface area contributed by atoms with E-state index in [1.165, 1.54) is 30.3 Å². The Balaban J connectivity index is 2.30. The monoisotopic (exact) mass is 373 g/mol. The van der Waals surface area contributed by atoms with Gasteiger partial charge in [-0.05, 0) is 23.8 Å². The van der Waals surface area contributed by atoms with Gasteiger partial charge in [0.05, 0.1) is 4.90 Å². The molecule has 2 amide bonds. The summed E-state index contributed by atoms with van der Waals surface area (Å²) in [5.74, 6) is -1.27. The quantitative estimate of drug-likeness (QED) is 0.601. The van der Waals surface area contributed by atoms with Gasteiger partial charge in [0.15, 0.2) is 0 Å². The topological polar surface area (TPSA) is 118 Å². The van der Waals surface area contributed by atoms with Crippen LogP contribution in [0.15, 0.2) is 72.1 Å². The second-order valence-corrected chi connectivity index (χ2v) is 7.11. The zero-order chi connectivity index (χ0) is 19.2. The predicted octanol–water partition coefficient (Wildman–Crippen LogP) is 1.11. The number of primary amides is 1. The molecule has 0 radical (unpaired) electrons. The van der Waals surface area contributed by atoms with Crippen molar-refractivity contribution in [1.29, 1.82) is 0 Å². The van der Waals surface area contributed by atoms with Crippen LogP contribution in [0.3, 0.4) is 0 Å². The molecule has 0 saturated heterocycles. The lowest BCUT2D eigenvalue weighted by Gasteiger charge is -2.16. The molecular formula is C18H19N3O4S. The third-order valence-electron chi connectivity index (χ3n) is 3.50. The van der Waals surface area contributed by atoms with E-state index >= 15 is 0 Å². The molecule has 0 aliphatic rings. The van der Waals surface area contributed by atoms with Gasteiger partial charge in [-0.2, -0.15) is 4.72 Å². The van der Waals surface area contributed by atoms with Gasteiger partial charge in [-0.1, -0.05) is 42.5 Å². The number of rotatable bonds is 8. The third kappa shape index (κ3) is 4.78. The van der Waals surface area contributed by atoms with E-state index in [1.54, 1.807) is 30.3 Å². The van der Waals surface area contributed by atoms with Crippen LogP contribution in [0.25, 0.3) is 0 Å². The van der Waals surface area contributed by atoms with Gasteiger partial charge in [0.1, 0.15) is 6.04 Å². The number of sulfonamides is 1. The maximum absolute atomic E-state index is 12.6. The van der Waals surface area contributed by atoms with Gasteiger partial charge in [-0.15, -0.1) is 6.58 Å². The van der Waals surface area contributed by atoms with E-state index in [0.717, 1.165) is 0 Å². The molecule has 7 nitrogen and oxygen atoms in total. The third-order valence-corrected chi connectivity index (χ3v) is 4.92. The Kier molecular flexibility index (Phi) is 6.26. The van der Waals surface area contributed by atoms with E-state index in [4.69, 9.17) is 5.73 Å². The Morgan fingerprint density at radius 2 is 1.81 bits per heavy atom. The van der Waals surface area contributed by atoms with E-state index < -0.39 is 27.9 Å². The average molecular weight is 373 g/mol. The first-order valence-corrected chi connectivity index (χ1v) is 9.19. The molecule has 136 valence electrons. The molecule has 0 bridgehead atoms. The van der Waals surface area contributed by atoms with E-state index in [2.05, 4.69) is 16.6 Å². The van der Waals surface area contributed by atoms with Gasteiger partial charge in [0.2, 0.25) is 15.9 Å². The summed E-state index contributed by atoms with van der Waals surface area (Å²) in [6.45, 7) is 3.75. The first-order chi connectivity index (χ1) is 12.3. The highest BCUT2D eigenvalue weighted by molar-refractivity contribution is 7.89. The first-order valence-electron chi connectivity index (χ1n) is 7.71. The van der Waals surface area contributed by atoms with Crippen molar-refractivity contribution in [2.24, 2.45) is 5.73 Å². The Bertz CT molecular complexity index is 911. The molecule has 0 heterocycles. The van der Waals surface area contributed by atoms with E-state index in [9.17, 15) is 18.0 Å². The lowest BCUT2D eigenvalue weighted by atomic mass is 10.1. The molecule has 1 atom stereocenters. The molecular weight excluding hydrogens is 354 g/mol. The summed E-state index contributed by atoms with van der Waals surface area (Å²) < 4.78 is 27.6. The number of nitrogens with one attached hydrogen (secondary N) is 2. The summed E-state index contributed by atoms with van der Waals surface area (Å²) in [4.78, 5) is 23.6. The molecule has 0 spiro atoms. The molecule has 0 fully saturated rings. The summed E-state index contributed by atoms with van der Waals surface area (Å²) in [5, 5.41) is 2.57. The van der Waals surface area contributed by atoms with Crippen LogP contribution >= 0.6 is 0 Å². The average Bonchev–Trinajstić information content (AvgIpc) is 2.64. The Labute approximate surface area is 152 Å².